The molecule has 0 spiro atoms. The van der Waals surface area contributed by atoms with Crippen molar-refractivity contribution in [3.63, 3.8) is 0 Å². The molecule has 0 fully saturated rings. The summed E-state index contributed by atoms with van der Waals surface area (Å²) in [5.41, 5.74) is 1.79. The standard InChI is InChI=1S/C26H25NO5S/c1-3-13-27-23(22(25(29)26(27)30)24(28)21-10-7-14-33-21)18-11-12-19(20(15-18)31-2)32-16-17-8-5-4-6-9-17/h4-12,14-15,23,29H,3,13,16H2,1-2H3. The summed E-state index contributed by atoms with van der Waals surface area (Å²) in [5, 5.41) is 12.5. The number of hydrogen-bond acceptors (Lipinski definition) is 6. The number of nitrogens with zero attached hydrogens (tertiary/aromatic N) is 1. The van der Waals surface area contributed by atoms with Crippen LogP contribution in [-0.2, 0) is 11.4 Å². The minimum Gasteiger partial charge on any atom is -0.503 e. The lowest BCUT2D eigenvalue weighted by molar-refractivity contribution is -0.129. The highest BCUT2D eigenvalue weighted by Crippen LogP contribution is 2.42. The molecule has 1 N–H and O–H groups in total. The predicted molar refractivity (Wildman–Crippen MR) is 127 cm³/mol. The van der Waals surface area contributed by atoms with Gasteiger partial charge in [-0.15, -0.1) is 11.3 Å². The third-order valence-electron chi connectivity index (χ3n) is 5.50. The summed E-state index contributed by atoms with van der Waals surface area (Å²) in [6.07, 6.45) is 0.686. The molecule has 4 rings (SSSR count). The molecule has 2 heterocycles. The number of aliphatic hydroxyl groups is 1. The molecule has 0 saturated carbocycles. The predicted octanol–water partition coefficient (Wildman–Crippen LogP) is 5.32. The highest BCUT2D eigenvalue weighted by atomic mass is 32.1. The van der Waals surface area contributed by atoms with E-state index in [4.69, 9.17) is 9.47 Å². The van der Waals surface area contributed by atoms with Crippen molar-refractivity contribution in [3.05, 3.63) is 93.4 Å². The molecule has 1 aliphatic heterocycles. The normalized spacial score (nSPS) is 15.8. The molecule has 1 aliphatic rings. The summed E-state index contributed by atoms with van der Waals surface area (Å²) in [6, 6.07) is 17.9. The van der Waals surface area contributed by atoms with Crippen LogP contribution in [0.5, 0.6) is 11.5 Å². The molecule has 2 aromatic carbocycles. The summed E-state index contributed by atoms with van der Waals surface area (Å²) in [5.74, 6) is -0.333. The number of thiophene rings is 1. The van der Waals surface area contributed by atoms with E-state index in [9.17, 15) is 14.7 Å². The summed E-state index contributed by atoms with van der Waals surface area (Å²) in [6.45, 7) is 2.73. The monoisotopic (exact) mass is 463 g/mol. The van der Waals surface area contributed by atoms with Gasteiger partial charge in [0.05, 0.1) is 23.6 Å². The molecule has 1 unspecified atom stereocenters. The van der Waals surface area contributed by atoms with Crippen LogP contribution >= 0.6 is 11.3 Å². The first-order valence-corrected chi connectivity index (χ1v) is 11.6. The first kappa shape index (κ1) is 22.6. The van der Waals surface area contributed by atoms with Gasteiger partial charge in [0.25, 0.3) is 5.91 Å². The Morgan fingerprint density at radius 2 is 1.88 bits per heavy atom. The lowest BCUT2D eigenvalue weighted by Gasteiger charge is -2.27. The average Bonchev–Trinajstić information content (AvgIpc) is 3.47. The van der Waals surface area contributed by atoms with E-state index in [-0.39, 0.29) is 11.4 Å². The summed E-state index contributed by atoms with van der Waals surface area (Å²) >= 11 is 1.28. The number of Topliss-reactive ketones (excluding diaryl/α,β-unsaturated/α-hetero) is 1. The number of amides is 1. The third kappa shape index (κ3) is 4.50. The highest BCUT2D eigenvalue weighted by molar-refractivity contribution is 7.12. The Morgan fingerprint density at radius 1 is 1.09 bits per heavy atom. The molecule has 0 aliphatic carbocycles. The van der Waals surface area contributed by atoms with Crippen molar-refractivity contribution in [3.8, 4) is 11.5 Å². The fraction of sp³-hybridized carbons (Fsp3) is 0.231. The topological polar surface area (TPSA) is 76.1 Å². The van der Waals surface area contributed by atoms with Crippen molar-refractivity contribution in [1.29, 1.82) is 0 Å². The zero-order valence-corrected chi connectivity index (χ0v) is 19.3. The molecular formula is C26H25NO5S. The van der Waals surface area contributed by atoms with E-state index in [1.807, 2.05) is 43.3 Å². The van der Waals surface area contributed by atoms with E-state index < -0.39 is 17.7 Å². The molecule has 33 heavy (non-hydrogen) atoms. The van der Waals surface area contributed by atoms with Gasteiger partial charge < -0.3 is 19.5 Å². The minimum absolute atomic E-state index is 0.0934. The van der Waals surface area contributed by atoms with Gasteiger partial charge in [-0.05, 0) is 41.1 Å². The fourth-order valence-corrected chi connectivity index (χ4v) is 4.63. The maximum atomic E-state index is 13.2. The maximum Gasteiger partial charge on any atom is 0.290 e. The van der Waals surface area contributed by atoms with Gasteiger partial charge >= 0.3 is 0 Å². The fourth-order valence-electron chi connectivity index (χ4n) is 3.95. The molecule has 3 aromatic rings. The van der Waals surface area contributed by atoms with Crippen LogP contribution in [0, 0.1) is 0 Å². The van der Waals surface area contributed by atoms with Crippen LogP contribution in [0.1, 0.15) is 40.2 Å². The number of rotatable bonds is 9. The van der Waals surface area contributed by atoms with E-state index in [1.54, 1.807) is 36.8 Å². The van der Waals surface area contributed by atoms with Crippen LogP contribution in [0.25, 0.3) is 0 Å². The Balaban J connectivity index is 1.69. The number of ketones is 1. The van der Waals surface area contributed by atoms with Crippen molar-refractivity contribution >= 4 is 23.0 Å². The molecule has 6 nitrogen and oxygen atoms in total. The Bertz CT molecular complexity index is 1170. The third-order valence-corrected chi connectivity index (χ3v) is 6.37. The van der Waals surface area contributed by atoms with Gasteiger partial charge in [-0.1, -0.05) is 49.4 Å². The molecule has 0 bridgehead atoms. The van der Waals surface area contributed by atoms with Crippen LogP contribution in [-0.4, -0.2) is 35.4 Å². The van der Waals surface area contributed by atoms with E-state index in [0.717, 1.165) is 5.56 Å². The zero-order chi connectivity index (χ0) is 23.4. The number of hydrogen-bond donors (Lipinski definition) is 1. The highest BCUT2D eigenvalue weighted by Gasteiger charge is 2.43. The van der Waals surface area contributed by atoms with Crippen LogP contribution in [0.2, 0.25) is 0 Å². The van der Waals surface area contributed by atoms with Gasteiger partial charge in [0.15, 0.2) is 17.3 Å². The van der Waals surface area contributed by atoms with E-state index in [0.29, 0.717) is 41.5 Å². The van der Waals surface area contributed by atoms with Crippen LogP contribution in [0.3, 0.4) is 0 Å². The maximum absolute atomic E-state index is 13.2. The lowest BCUT2D eigenvalue weighted by Crippen LogP contribution is -2.31. The van der Waals surface area contributed by atoms with Crippen LogP contribution in [0.4, 0.5) is 0 Å². The molecule has 1 aromatic heterocycles. The number of methoxy groups -OCH3 is 1. The van der Waals surface area contributed by atoms with Gasteiger partial charge in [0.1, 0.15) is 6.61 Å². The van der Waals surface area contributed by atoms with Crippen molar-refractivity contribution < 1.29 is 24.2 Å². The Kier molecular flexibility index (Phi) is 6.79. The molecule has 170 valence electrons. The van der Waals surface area contributed by atoms with Crippen molar-refractivity contribution in [2.45, 2.75) is 26.0 Å². The first-order chi connectivity index (χ1) is 16.0. The van der Waals surface area contributed by atoms with E-state index >= 15 is 0 Å². The van der Waals surface area contributed by atoms with Gasteiger partial charge in [-0.25, -0.2) is 0 Å². The molecular weight excluding hydrogens is 438 g/mol. The van der Waals surface area contributed by atoms with Gasteiger partial charge in [0, 0.05) is 6.54 Å². The Labute approximate surface area is 196 Å². The summed E-state index contributed by atoms with van der Waals surface area (Å²) in [7, 11) is 1.54. The Hall–Kier alpha value is -3.58. The number of carbonyl (C=O) groups excluding carboxylic acids is 2. The Morgan fingerprint density at radius 3 is 2.55 bits per heavy atom. The first-order valence-electron chi connectivity index (χ1n) is 10.7. The molecule has 7 heteroatoms. The zero-order valence-electron chi connectivity index (χ0n) is 18.5. The van der Waals surface area contributed by atoms with Gasteiger partial charge in [-0.3, -0.25) is 9.59 Å². The largest absolute Gasteiger partial charge is 0.503 e. The molecule has 0 radical (unpaired) electrons. The number of ether oxygens (including phenoxy) is 2. The van der Waals surface area contributed by atoms with Crippen molar-refractivity contribution in [2.75, 3.05) is 13.7 Å². The van der Waals surface area contributed by atoms with Crippen molar-refractivity contribution in [2.24, 2.45) is 0 Å². The second kappa shape index (κ2) is 9.92. The van der Waals surface area contributed by atoms with Crippen LogP contribution < -0.4 is 9.47 Å². The second-order valence-electron chi connectivity index (χ2n) is 7.65. The summed E-state index contributed by atoms with van der Waals surface area (Å²) < 4.78 is 11.5. The van der Waals surface area contributed by atoms with Gasteiger partial charge in [0.2, 0.25) is 5.78 Å². The van der Waals surface area contributed by atoms with Crippen LogP contribution in [0.15, 0.2) is 77.4 Å². The average molecular weight is 464 g/mol. The number of carbonyl (C=O) groups is 2. The van der Waals surface area contributed by atoms with Gasteiger partial charge in [-0.2, -0.15) is 0 Å². The molecule has 1 amide bonds. The SMILES string of the molecule is CCCN1C(=O)C(O)=C(C(=O)c2cccs2)C1c1ccc(OCc2ccccc2)c(OC)c1. The summed E-state index contributed by atoms with van der Waals surface area (Å²) in [4.78, 5) is 28.1. The smallest absolute Gasteiger partial charge is 0.290 e. The number of aliphatic hydroxyl groups excluding tert-OH is 1. The molecule has 1 atom stereocenters. The minimum atomic E-state index is -0.705. The second-order valence-corrected chi connectivity index (χ2v) is 8.60. The van der Waals surface area contributed by atoms with E-state index in [2.05, 4.69) is 0 Å². The lowest BCUT2D eigenvalue weighted by atomic mass is 9.95. The molecule has 0 saturated heterocycles. The quantitative estimate of drug-likeness (QED) is 0.435. The number of benzene rings is 2. The van der Waals surface area contributed by atoms with Crippen molar-refractivity contribution in [1.82, 2.24) is 4.90 Å². The van der Waals surface area contributed by atoms with E-state index in [1.165, 1.54) is 16.2 Å².